The number of hydrogen-bond donors (Lipinski definition) is 6. The Labute approximate surface area is 297 Å². The van der Waals surface area contributed by atoms with Crippen LogP contribution < -0.4 is 28.7 Å². The van der Waals surface area contributed by atoms with E-state index in [-0.39, 0.29) is 38.2 Å². The van der Waals surface area contributed by atoms with Crippen molar-refractivity contribution >= 4 is 31.6 Å². The molecule has 0 aliphatic carbocycles. The Hall–Kier alpha value is -4.33. The van der Waals surface area contributed by atoms with E-state index < -0.39 is 20.2 Å². The maximum atomic E-state index is 10.4. The second kappa shape index (κ2) is 26.6. The zero-order valence-electron chi connectivity index (χ0n) is 26.5. The summed E-state index contributed by atoms with van der Waals surface area (Å²) in [7, 11) is -7.71. The normalized spacial score (nSPS) is 9.69. The molecule has 0 bridgehead atoms. The van der Waals surface area contributed by atoms with Crippen molar-refractivity contribution in [3.63, 3.8) is 0 Å². The van der Waals surface area contributed by atoms with Crippen LogP contribution in [-0.4, -0.2) is 53.1 Å². The number of aliphatic hydroxyl groups is 1. The minimum atomic E-state index is -4.36. The van der Waals surface area contributed by atoms with E-state index in [1.54, 1.807) is 18.6 Å². The van der Waals surface area contributed by atoms with Crippen LogP contribution in [0.5, 0.6) is 0 Å². The molecule has 3 aromatic heterocycles. The van der Waals surface area contributed by atoms with Gasteiger partial charge in [0.1, 0.15) is 20.2 Å². The van der Waals surface area contributed by atoms with Crippen LogP contribution >= 0.6 is 0 Å². The van der Waals surface area contributed by atoms with E-state index in [0.29, 0.717) is 19.6 Å². The van der Waals surface area contributed by atoms with Gasteiger partial charge in [-0.1, -0.05) is 30.3 Å². The number of aliphatic hydroxyl groups excluding tert-OH is 1. The summed E-state index contributed by atoms with van der Waals surface area (Å²) in [6, 6.07) is 27.6. The van der Waals surface area contributed by atoms with Crippen LogP contribution in [-0.2, 0) is 56.9 Å². The van der Waals surface area contributed by atoms with Crippen molar-refractivity contribution in [1.29, 1.82) is 0 Å². The van der Waals surface area contributed by atoms with Gasteiger partial charge in [-0.05, 0) is 72.8 Å². The molecule has 11 N–H and O–H groups in total. The summed E-state index contributed by atoms with van der Waals surface area (Å²) in [5.41, 5.74) is 29.7. The van der Waals surface area contributed by atoms with Crippen LogP contribution in [0.1, 0.15) is 17.1 Å². The molecule has 49 heavy (non-hydrogen) atoms. The molecule has 1 radical (unpaired) electrons. The average Bonchev–Trinajstić information content (AvgIpc) is 3.10. The zero-order valence-corrected chi connectivity index (χ0v) is 29.2. The number of pyridine rings is 3. The van der Waals surface area contributed by atoms with Gasteiger partial charge in [-0.2, -0.15) is 0 Å². The largest absolute Gasteiger partial charge is 5.00 e. The molecule has 15 nitrogen and oxygen atoms in total. The van der Waals surface area contributed by atoms with Crippen molar-refractivity contribution in [2.24, 2.45) is 17.2 Å². The molecule has 3 heterocycles. The predicted molar refractivity (Wildman–Crippen MR) is 182 cm³/mol. The van der Waals surface area contributed by atoms with E-state index >= 15 is 0 Å². The number of hydrogen-bond acceptors (Lipinski definition) is 15. The summed E-state index contributed by atoms with van der Waals surface area (Å²) < 4.78 is 62.2. The van der Waals surface area contributed by atoms with Crippen LogP contribution in [0, 0.1) is 0 Å². The number of anilines is 2. The first-order chi connectivity index (χ1) is 22.8. The van der Waals surface area contributed by atoms with Crippen molar-refractivity contribution in [3.05, 3.63) is 139 Å². The summed E-state index contributed by atoms with van der Waals surface area (Å²) >= 11 is 0. The Morgan fingerprint density at radius 2 is 0.816 bits per heavy atom. The second-order valence-electron chi connectivity index (χ2n) is 8.63. The number of benzene rings is 2. The minimum absolute atomic E-state index is 0. The molecule has 0 saturated heterocycles. The zero-order chi connectivity index (χ0) is 36.4. The van der Waals surface area contributed by atoms with Gasteiger partial charge in [-0.3, -0.25) is 15.0 Å². The van der Waals surface area contributed by atoms with Gasteiger partial charge in [0, 0.05) is 56.7 Å². The quantitative estimate of drug-likeness (QED) is 0.0842. The number of nitrogens with zero attached hydrogens (tertiary/aromatic N) is 3. The SMILES string of the molecule is CO.NCc1ccccn1.NCc1ccccn1.NCc1ccccn1.Nc1cccc(S(=O)(=O)[O-])c1.Nc1cccc(S(=O)(=O)[O-])c1.[Fe+5]. The molecule has 0 spiro atoms. The summed E-state index contributed by atoms with van der Waals surface area (Å²) in [5.74, 6) is 0. The van der Waals surface area contributed by atoms with Crippen molar-refractivity contribution in [1.82, 2.24) is 15.0 Å². The molecule has 0 fully saturated rings. The van der Waals surface area contributed by atoms with E-state index in [1.807, 2.05) is 54.6 Å². The van der Waals surface area contributed by atoms with Crippen LogP contribution in [0.25, 0.3) is 0 Å². The number of nitrogen functional groups attached to an aromatic ring is 2. The molecule has 5 rings (SSSR count). The molecule has 0 amide bonds. The van der Waals surface area contributed by atoms with Crippen molar-refractivity contribution in [2.75, 3.05) is 18.6 Å². The molecule has 263 valence electrons. The van der Waals surface area contributed by atoms with Gasteiger partial charge in [0.05, 0.1) is 26.9 Å². The molecule has 0 atom stereocenters. The predicted octanol–water partition coefficient (Wildman–Crippen LogP) is 1.57. The molecule has 0 saturated carbocycles. The molecular weight excluding hydrogens is 716 g/mol. The first-order valence-corrected chi connectivity index (χ1v) is 16.5. The van der Waals surface area contributed by atoms with Crippen molar-refractivity contribution in [3.8, 4) is 0 Å². The smallest absolute Gasteiger partial charge is 0.744 e. The molecule has 2 aromatic carbocycles. The van der Waals surface area contributed by atoms with Gasteiger partial charge in [-0.15, -0.1) is 0 Å². The topological polar surface area (TPSA) is 303 Å². The summed E-state index contributed by atoms with van der Waals surface area (Å²) in [4.78, 5) is 11.3. The molecule has 5 aromatic rings. The van der Waals surface area contributed by atoms with Crippen molar-refractivity contribution in [2.45, 2.75) is 29.4 Å². The number of nitrogens with two attached hydrogens (primary N) is 5. The summed E-state index contributed by atoms with van der Waals surface area (Å²) in [5, 5.41) is 7.00. The summed E-state index contributed by atoms with van der Waals surface area (Å²) in [6.07, 6.45) is 5.21. The molecule has 0 aliphatic rings. The van der Waals surface area contributed by atoms with E-state index in [4.69, 9.17) is 33.8 Å². The van der Waals surface area contributed by atoms with E-state index in [1.165, 1.54) is 36.4 Å². The Balaban J connectivity index is 0. The first kappa shape index (κ1) is 46.8. The van der Waals surface area contributed by atoms with Gasteiger partial charge >= 0.3 is 17.1 Å². The third-order valence-electron chi connectivity index (χ3n) is 5.10. The fourth-order valence-electron chi connectivity index (χ4n) is 2.90. The Kier molecular flexibility index (Phi) is 25.4. The average molecular weight is 757 g/mol. The molecule has 0 unspecified atom stereocenters. The third-order valence-corrected chi connectivity index (χ3v) is 6.76. The molecule has 18 heteroatoms. The van der Waals surface area contributed by atoms with E-state index in [0.717, 1.165) is 36.3 Å². The minimum Gasteiger partial charge on any atom is -0.744 e. The number of aromatic nitrogens is 3. The fourth-order valence-corrected chi connectivity index (χ4v) is 3.95. The summed E-state index contributed by atoms with van der Waals surface area (Å²) in [6.45, 7) is 1.59. The van der Waals surface area contributed by atoms with Gasteiger partial charge in [0.2, 0.25) is 0 Å². The maximum Gasteiger partial charge on any atom is 5.00 e. The second-order valence-corrected chi connectivity index (χ2v) is 11.4. The third kappa shape index (κ3) is 22.8. The Morgan fingerprint density at radius 3 is 0.959 bits per heavy atom. The van der Waals surface area contributed by atoms with Crippen LogP contribution in [0.3, 0.4) is 0 Å². The van der Waals surface area contributed by atoms with Gasteiger partial charge in [-0.25, -0.2) is 16.8 Å². The van der Waals surface area contributed by atoms with Crippen molar-refractivity contribution < 1.29 is 48.1 Å². The van der Waals surface area contributed by atoms with Crippen LogP contribution in [0.15, 0.2) is 132 Å². The van der Waals surface area contributed by atoms with Crippen LogP contribution in [0.4, 0.5) is 11.4 Å². The monoisotopic (exact) mass is 756 g/mol. The Morgan fingerprint density at radius 1 is 0.531 bits per heavy atom. The van der Waals surface area contributed by atoms with Gasteiger partial charge in [0.25, 0.3) is 0 Å². The van der Waals surface area contributed by atoms with Gasteiger partial charge in [0.15, 0.2) is 0 Å². The standard InChI is InChI=1S/3C6H8N2.2C6H7NO3S.CH4O.Fe/c3*7-5-6-3-1-2-4-8-6;2*7-5-2-1-3-6(4-5)11(8,9)10;1-2;/h3*1-4H,5,7H2;2*1-4H,7H2,(H,8,9,10);2H,1H3;/q;;;;;;+5/p-2. The maximum absolute atomic E-state index is 10.4. The van der Waals surface area contributed by atoms with Crippen LogP contribution in [0.2, 0.25) is 0 Å². The first-order valence-electron chi connectivity index (χ1n) is 13.7. The Bertz CT molecular complexity index is 1610. The number of rotatable bonds is 5. The van der Waals surface area contributed by atoms with E-state index in [9.17, 15) is 25.9 Å². The molecular formula is C31H40FeN8O7S2+3. The fraction of sp³-hybridized carbons (Fsp3) is 0.129. The molecule has 0 aliphatic heterocycles. The van der Waals surface area contributed by atoms with E-state index in [2.05, 4.69) is 15.0 Å². The van der Waals surface area contributed by atoms with Gasteiger partial charge < -0.3 is 42.9 Å².